The van der Waals surface area contributed by atoms with Crippen molar-refractivity contribution in [3.05, 3.63) is 90.4 Å². The molecular formula is C26H25N5O2. The van der Waals surface area contributed by atoms with Crippen LogP contribution in [0.15, 0.2) is 79.3 Å². The van der Waals surface area contributed by atoms with E-state index >= 15 is 0 Å². The average molecular weight is 440 g/mol. The molecule has 2 aromatic carbocycles. The van der Waals surface area contributed by atoms with Gasteiger partial charge in [-0.3, -0.25) is 9.78 Å². The molecule has 0 spiro atoms. The molecule has 1 atom stereocenters. The number of pyridine rings is 1. The molecule has 0 unspecified atom stereocenters. The number of carbonyl (C=O) groups excluding carboxylic acids is 1. The highest BCUT2D eigenvalue weighted by atomic mass is 16.5. The zero-order valence-corrected chi connectivity index (χ0v) is 18.2. The second kappa shape index (κ2) is 9.75. The zero-order valence-electron chi connectivity index (χ0n) is 18.2. The van der Waals surface area contributed by atoms with E-state index in [1.165, 1.54) is 5.56 Å². The maximum Gasteiger partial charge on any atom is 0.254 e. The Balaban J connectivity index is 1.32. The molecule has 0 aliphatic carbocycles. The van der Waals surface area contributed by atoms with E-state index < -0.39 is 0 Å². The first-order valence-corrected chi connectivity index (χ1v) is 11.1. The minimum atomic E-state index is 0.00252. The molecule has 0 radical (unpaired) electrons. The number of hydrogen-bond donors (Lipinski definition) is 1. The number of benzene rings is 2. The van der Waals surface area contributed by atoms with Crippen LogP contribution in [-0.4, -0.2) is 52.1 Å². The van der Waals surface area contributed by atoms with Crippen molar-refractivity contribution in [2.75, 3.05) is 31.6 Å². The van der Waals surface area contributed by atoms with Gasteiger partial charge in [-0.05, 0) is 48.4 Å². The third kappa shape index (κ3) is 4.99. The summed E-state index contributed by atoms with van der Waals surface area (Å²) in [5.41, 5.74) is 3.63. The molecule has 33 heavy (non-hydrogen) atoms. The molecule has 1 saturated heterocycles. The number of hydrogen-bond acceptors (Lipinski definition) is 6. The average Bonchev–Trinajstić information content (AvgIpc) is 3.10. The second-order valence-corrected chi connectivity index (χ2v) is 8.16. The van der Waals surface area contributed by atoms with Crippen molar-refractivity contribution < 1.29 is 9.53 Å². The summed E-state index contributed by atoms with van der Waals surface area (Å²) >= 11 is 0. The van der Waals surface area contributed by atoms with Crippen LogP contribution in [0, 0.1) is 5.92 Å². The van der Waals surface area contributed by atoms with Gasteiger partial charge in [0.25, 0.3) is 5.91 Å². The number of nitrogens with zero attached hydrogens (tertiary/aromatic N) is 4. The molecular weight excluding hydrogens is 414 g/mol. The Bertz CT molecular complexity index is 1240. The molecule has 3 heterocycles. The van der Waals surface area contributed by atoms with E-state index in [0.29, 0.717) is 37.8 Å². The van der Waals surface area contributed by atoms with Crippen molar-refractivity contribution in [2.45, 2.75) is 6.42 Å². The topological polar surface area (TPSA) is 80.2 Å². The highest BCUT2D eigenvalue weighted by Gasteiger charge is 2.24. The molecule has 1 fully saturated rings. The van der Waals surface area contributed by atoms with E-state index in [9.17, 15) is 4.79 Å². The van der Waals surface area contributed by atoms with Gasteiger partial charge in [0.15, 0.2) is 0 Å². The van der Waals surface area contributed by atoms with Gasteiger partial charge in [-0.1, -0.05) is 24.3 Å². The van der Waals surface area contributed by atoms with E-state index in [2.05, 4.69) is 32.4 Å². The highest BCUT2D eigenvalue weighted by Crippen LogP contribution is 2.23. The minimum Gasteiger partial charge on any atom is -0.379 e. The molecule has 0 saturated carbocycles. The summed E-state index contributed by atoms with van der Waals surface area (Å²) < 4.78 is 5.87. The van der Waals surface area contributed by atoms with Gasteiger partial charge in [0.2, 0.25) is 5.95 Å². The zero-order chi connectivity index (χ0) is 22.5. The quantitative estimate of drug-likeness (QED) is 0.504. The van der Waals surface area contributed by atoms with E-state index in [-0.39, 0.29) is 11.8 Å². The first-order valence-electron chi connectivity index (χ1n) is 11.1. The van der Waals surface area contributed by atoms with Crippen LogP contribution in [0.2, 0.25) is 0 Å². The van der Waals surface area contributed by atoms with Gasteiger partial charge >= 0.3 is 0 Å². The first-order chi connectivity index (χ1) is 16.3. The van der Waals surface area contributed by atoms with Crippen LogP contribution in [0.4, 0.5) is 11.6 Å². The van der Waals surface area contributed by atoms with Gasteiger partial charge in [-0.15, -0.1) is 0 Å². The van der Waals surface area contributed by atoms with Gasteiger partial charge in [0.1, 0.15) is 0 Å². The number of ether oxygens (including phenoxy) is 1. The lowest BCUT2D eigenvalue weighted by atomic mass is 9.96. The molecule has 4 aromatic rings. The number of nitrogens with one attached hydrogen (secondary N) is 1. The first kappa shape index (κ1) is 21.0. The van der Waals surface area contributed by atoms with Crippen molar-refractivity contribution in [1.29, 1.82) is 0 Å². The summed E-state index contributed by atoms with van der Waals surface area (Å²) in [4.78, 5) is 28.1. The SMILES string of the molecule is O=C(c1cccc(Nc2ncccn2)c1)N1CCOC[C@H](Cc2cccc3ncccc23)C1. The maximum atomic E-state index is 13.4. The molecule has 166 valence electrons. The van der Waals surface area contributed by atoms with Gasteiger partial charge < -0.3 is 15.0 Å². The number of carbonyl (C=O) groups is 1. The van der Waals surface area contributed by atoms with E-state index in [4.69, 9.17) is 4.74 Å². The van der Waals surface area contributed by atoms with Gasteiger partial charge in [0.05, 0.1) is 18.7 Å². The number of aromatic nitrogens is 3. The Morgan fingerprint density at radius 1 is 1.00 bits per heavy atom. The van der Waals surface area contributed by atoms with Crippen LogP contribution >= 0.6 is 0 Å². The van der Waals surface area contributed by atoms with Crippen molar-refractivity contribution in [2.24, 2.45) is 5.92 Å². The van der Waals surface area contributed by atoms with Crippen LogP contribution in [0.3, 0.4) is 0 Å². The van der Waals surface area contributed by atoms with Crippen LogP contribution in [0.25, 0.3) is 10.9 Å². The third-order valence-electron chi connectivity index (χ3n) is 5.80. The Kier molecular flexibility index (Phi) is 6.21. The predicted molar refractivity (Wildman–Crippen MR) is 127 cm³/mol. The summed E-state index contributed by atoms with van der Waals surface area (Å²) in [5, 5.41) is 4.31. The van der Waals surface area contributed by atoms with Crippen LogP contribution in [0.1, 0.15) is 15.9 Å². The number of anilines is 2. The van der Waals surface area contributed by atoms with E-state index in [1.807, 2.05) is 53.6 Å². The standard InChI is InChI=1S/C26H25N5O2/c32-25(21-6-1-7-22(16-21)30-26-28-11-4-12-29-26)31-13-14-33-18-19(17-31)15-20-5-2-9-24-23(20)8-3-10-27-24/h1-12,16,19H,13-15,17-18H2,(H,28,29,30)/t19-/m1/s1. The summed E-state index contributed by atoms with van der Waals surface area (Å²) in [6, 6.07) is 19.5. The lowest BCUT2D eigenvalue weighted by Crippen LogP contribution is -2.36. The fourth-order valence-electron chi connectivity index (χ4n) is 4.25. The van der Waals surface area contributed by atoms with E-state index in [1.54, 1.807) is 18.5 Å². The lowest BCUT2D eigenvalue weighted by Gasteiger charge is -2.24. The fraction of sp³-hybridized carbons (Fsp3) is 0.231. The molecule has 2 aromatic heterocycles. The fourth-order valence-corrected chi connectivity index (χ4v) is 4.25. The van der Waals surface area contributed by atoms with Crippen molar-refractivity contribution in [3.63, 3.8) is 0 Å². The smallest absolute Gasteiger partial charge is 0.254 e. The molecule has 0 bridgehead atoms. The van der Waals surface area contributed by atoms with Gasteiger partial charge in [-0.25, -0.2) is 9.97 Å². The van der Waals surface area contributed by atoms with Crippen molar-refractivity contribution in [3.8, 4) is 0 Å². The second-order valence-electron chi connectivity index (χ2n) is 8.16. The third-order valence-corrected chi connectivity index (χ3v) is 5.80. The molecule has 5 rings (SSSR count). The Morgan fingerprint density at radius 2 is 1.85 bits per heavy atom. The molecule has 1 aliphatic rings. The monoisotopic (exact) mass is 439 g/mol. The van der Waals surface area contributed by atoms with Crippen molar-refractivity contribution in [1.82, 2.24) is 19.9 Å². The summed E-state index contributed by atoms with van der Waals surface area (Å²) in [6.45, 7) is 2.39. The Morgan fingerprint density at radius 3 is 2.76 bits per heavy atom. The van der Waals surface area contributed by atoms with Crippen LogP contribution in [0.5, 0.6) is 0 Å². The summed E-state index contributed by atoms with van der Waals surface area (Å²) in [6.07, 6.45) is 6.00. The molecule has 1 aliphatic heterocycles. The highest BCUT2D eigenvalue weighted by molar-refractivity contribution is 5.95. The molecule has 1 N–H and O–H groups in total. The molecule has 7 nitrogen and oxygen atoms in total. The number of rotatable bonds is 5. The Hall–Kier alpha value is -3.84. The van der Waals surface area contributed by atoms with Gasteiger partial charge in [0, 0.05) is 54.2 Å². The molecule has 1 amide bonds. The number of fused-ring (bicyclic) bond motifs is 1. The summed E-state index contributed by atoms with van der Waals surface area (Å²) in [7, 11) is 0. The van der Waals surface area contributed by atoms with Gasteiger partial charge in [-0.2, -0.15) is 0 Å². The Labute approximate surface area is 192 Å². The predicted octanol–water partition coefficient (Wildman–Crippen LogP) is 4.10. The summed E-state index contributed by atoms with van der Waals surface area (Å²) in [5.74, 6) is 0.707. The lowest BCUT2D eigenvalue weighted by molar-refractivity contribution is 0.0737. The van der Waals surface area contributed by atoms with Crippen molar-refractivity contribution >= 4 is 28.4 Å². The van der Waals surface area contributed by atoms with Crippen LogP contribution < -0.4 is 5.32 Å². The minimum absolute atomic E-state index is 0.00252. The van der Waals surface area contributed by atoms with Crippen LogP contribution in [-0.2, 0) is 11.2 Å². The number of amides is 1. The maximum absolute atomic E-state index is 13.4. The normalized spacial score (nSPS) is 16.4. The molecule has 7 heteroatoms. The van der Waals surface area contributed by atoms with E-state index in [0.717, 1.165) is 23.0 Å². The largest absolute Gasteiger partial charge is 0.379 e.